The summed E-state index contributed by atoms with van der Waals surface area (Å²) in [6, 6.07) is 3.87. The molecular weight excluding hydrogens is 264 g/mol. The van der Waals surface area contributed by atoms with Crippen molar-refractivity contribution in [1.82, 2.24) is 19.7 Å². The largest absolute Gasteiger partial charge is 0.293 e. The van der Waals surface area contributed by atoms with Gasteiger partial charge in [0.1, 0.15) is 5.69 Å². The summed E-state index contributed by atoms with van der Waals surface area (Å²) >= 11 is 0. The fraction of sp³-hybridized carbons (Fsp3) is 0.250. The number of aromatic nitrogens is 4. The van der Waals surface area contributed by atoms with Crippen molar-refractivity contribution in [1.29, 1.82) is 0 Å². The Balaban J connectivity index is 2.35. The van der Waals surface area contributed by atoms with E-state index in [1.807, 2.05) is 26.1 Å². The molecule has 0 unspecified atom stereocenters. The van der Waals surface area contributed by atoms with Gasteiger partial charge in [0.25, 0.3) is 0 Å². The van der Waals surface area contributed by atoms with Gasteiger partial charge in [-0.2, -0.15) is 5.10 Å². The van der Waals surface area contributed by atoms with Crippen LogP contribution in [-0.2, 0) is 6.54 Å². The van der Waals surface area contributed by atoms with E-state index in [1.165, 1.54) is 6.92 Å². The van der Waals surface area contributed by atoms with Gasteiger partial charge in [-0.15, -0.1) is 0 Å². The maximum Gasteiger partial charge on any atom is 0.178 e. The summed E-state index contributed by atoms with van der Waals surface area (Å²) in [6.45, 7) is 6.24. The van der Waals surface area contributed by atoms with Crippen molar-refractivity contribution in [3.05, 3.63) is 42.0 Å². The molecule has 0 N–H and O–H groups in total. The Hall–Kier alpha value is -2.56. The Labute approximate surface area is 122 Å². The first-order valence-electron chi connectivity index (χ1n) is 6.89. The van der Waals surface area contributed by atoms with Crippen molar-refractivity contribution in [3.8, 4) is 11.1 Å². The van der Waals surface area contributed by atoms with Gasteiger partial charge in [0.2, 0.25) is 0 Å². The number of pyridine rings is 2. The summed E-state index contributed by atoms with van der Waals surface area (Å²) in [5.41, 5.74) is 4.18. The average Bonchev–Trinajstić information content (AvgIpc) is 2.89. The van der Waals surface area contributed by atoms with Crippen molar-refractivity contribution in [3.63, 3.8) is 0 Å². The number of hydrogen-bond acceptors (Lipinski definition) is 4. The zero-order valence-electron chi connectivity index (χ0n) is 12.3. The molecule has 0 amide bonds. The van der Waals surface area contributed by atoms with E-state index in [0.29, 0.717) is 12.2 Å². The number of carbonyl (C=O) groups is 1. The molecule has 0 atom stereocenters. The Kier molecular flexibility index (Phi) is 3.25. The minimum Gasteiger partial charge on any atom is -0.293 e. The number of rotatable bonds is 3. The third-order valence-corrected chi connectivity index (χ3v) is 3.46. The van der Waals surface area contributed by atoms with Crippen molar-refractivity contribution in [2.24, 2.45) is 0 Å². The molecule has 3 aromatic rings. The van der Waals surface area contributed by atoms with Crippen LogP contribution < -0.4 is 0 Å². The lowest BCUT2D eigenvalue weighted by Gasteiger charge is -2.07. The molecule has 0 fully saturated rings. The lowest BCUT2D eigenvalue weighted by Crippen LogP contribution is -2.03. The molecule has 0 bridgehead atoms. The van der Waals surface area contributed by atoms with Gasteiger partial charge in [0.05, 0.1) is 6.20 Å². The maximum absolute atomic E-state index is 11.8. The molecule has 3 rings (SSSR count). The fourth-order valence-electron chi connectivity index (χ4n) is 2.40. The van der Waals surface area contributed by atoms with Gasteiger partial charge in [-0.05, 0) is 37.1 Å². The first-order chi connectivity index (χ1) is 10.1. The van der Waals surface area contributed by atoms with Crippen molar-refractivity contribution < 1.29 is 4.79 Å². The molecule has 3 heterocycles. The van der Waals surface area contributed by atoms with Crippen LogP contribution in [0.4, 0.5) is 0 Å². The highest BCUT2D eigenvalue weighted by molar-refractivity contribution is 6.00. The SMILES string of the molecule is CCn1ncc2c(-c3cncc(C)c3)cc(C(C)=O)nc21. The molecule has 3 aromatic heterocycles. The number of hydrogen-bond donors (Lipinski definition) is 0. The second-order valence-corrected chi connectivity index (χ2v) is 5.06. The van der Waals surface area contributed by atoms with E-state index in [9.17, 15) is 4.79 Å². The number of carbonyl (C=O) groups excluding carboxylic acids is 1. The predicted octanol–water partition coefficient (Wildman–Crippen LogP) is 3.02. The molecule has 0 aliphatic carbocycles. The summed E-state index contributed by atoms with van der Waals surface area (Å²) in [4.78, 5) is 20.4. The number of fused-ring (bicyclic) bond motifs is 1. The van der Waals surface area contributed by atoms with E-state index in [1.54, 1.807) is 17.1 Å². The summed E-state index contributed by atoms with van der Waals surface area (Å²) in [5, 5.41) is 5.28. The molecule has 0 saturated heterocycles. The summed E-state index contributed by atoms with van der Waals surface area (Å²) in [6.07, 6.45) is 5.41. The first-order valence-corrected chi connectivity index (χ1v) is 6.89. The highest BCUT2D eigenvalue weighted by Gasteiger charge is 2.14. The quantitative estimate of drug-likeness (QED) is 0.692. The smallest absolute Gasteiger partial charge is 0.178 e. The third-order valence-electron chi connectivity index (χ3n) is 3.46. The standard InChI is InChI=1S/C16H16N4O/c1-4-20-16-14(9-18-20)13(6-15(19-16)11(3)21)12-5-10(2)7-17-8-12/h5-9H,4H2,1-3H3. The molecule has 0 radical (unpaired) electrons. The monoisotopic (exact) mass is 280 g/mol. The van der Waals surface area contributed by atoms with Gasteiger partial charge in [0, 0.05) is 36.8 Å². The Bertz CT molecular complexity index is 835. The summed E-state index contributed by atoms with van der Waals surface area (Å²) < 4.78 is 1.80. The van der Waals surface area contributed by atoms with Crippen LogP contribution >= 0.6 is 0 Å². The minimum absolute atomic E-state index is 0.0531. The molecule has 0 aliphatic rings. The van der Waals surface area contributed by atoms with Crippen LogP contribution in [0.1, 0.15) is 29.9 Å². The molecule has 0 saturated carbocycles. The van der Waals surface area contributed by atoms with E-state index >= 15 is 0 Å². The van der Waals surface area contributed by atoms with E-state index in [2.05, 4.69) is 21.1 Å². The molecule has 5 nitrogen and oxygen atoms in total. The van der Waals surface area contributed by atoms with Gasteiger partial charge in [-0.3, -0.25) is 9.78 Å². The lowest BCUT2D eigenvalue weighted by molar-refractivity contribution is 0.101. The van der Waals surface area contributed by atoms with E-state index in [4.69, 9.17) is 0 Å². The topological polar surface area (TPSA) is 60.7 Å². The normalized spacial score (nSPS) is 11.0. The minimum atomic E-state index is -0.0531. The average molecular weight is 280 g/mol. The van der Waals surface area contributed by atoms with Crippen LogP contribution in [0.15, 0.2) is 30.7 Å². The summed E-state index contributed by atoms with van der Waals surface area (Å²) in [5.74, 6) is -0.0531. The molecule has 106 valence electrons. The Morgan fingerprint density at radius 2 is 2.05 bits per heavy atom. The third kappa shape index (κ3) is 2.31. The van der Waals surface area contributed by atoms with Gasteiger partial charge in [-0.25, -0.2) is 9.67 Å². The number of nitrogens with zero attached hydrogens (tertiary/aromatic N) is 4. The highest BCUT2D eigenvalue weighted by Crippen LogP contribution is 2.28. The van der Waals surface area contributed by atoms with Gasteiger partial charge in [0.15, 0.2) is 11.4 Å². The van der Waals surface area contributed by atoms with Crippen molar-refractivity contribution in [2.75, 3.05) is 0 Å². The zero-order chi connectivity index (χ0) is 15.0. The molecule has 0 aromatic carbocycles. The second kappa shape index (κ2) is 5.09. The van der Waals surface area contributed by atoms with E-state index in [-0.39, 0.29) is 5.78 Å². The Morgan fingerprint density at radius 3 is 2.71 bits per heavy atom. The first kappa shape index (κ1) is 13.4. The van der Waals surface area contributed by atoms with Gasteiger partial charge < -0.3 is 0 Å². The second-order valence-electron chi connectivity index (χ2n) is 5.06. The van der Waals surface area contributed by atoms with Crippen LogP contribution in [-0.4, -0.2) is 25.5 Å². The van der Waals surface area contributed by atoms with E-state index in [0.717, 1.165) is 27.7 Å². The molecule has 0 aliphatic heterocycles. The number of ketones is 1. The van der Waals surface area contributed by atoms with Crippen LogP contribution in [0.25, 0.3) is 22.2 Å². The van der Waals surface area contributed by atoms with Gasteiger partial charge >= 0.3 is 0 Å². The van der Waals surface area contributed by atoms with E-state index < -0.39 is 0 Å². The van der Waals surface area contributed by atoms with Crippen LogP contribution in [0.5, 0.6) is 0 Å². The molecule has 5 heteroatoms. The van der Waals surface area contributed by atoms with Crippen LogP contribution in [0.3, 0.4) is 0 Å². The summed E-state index contributed by atoms with van der Waals surface area (Å²) in [7, 11) is 0. The fourth-order valence-corrected chi connectivity index (χ4v) is 2.40. The number of Topliss-reactive ketones (excluding diaryl/α,β-unsaturated/α-hetero) is 1. The van der Waals surface area contributed by atoms with Gasteiger partial charge in [-0.1, -0.05) is 0 Å². The highest BCUT2D eigenvalue weighted by atomic mass is 16.1. The molecule has 21 heavy (non-hydrogen) atoms. The molecular formula is C16H16N4O. The number of aryl methyl sites for hydroxylation is 2. The van der Waals surface area contributed by atoms with Crippen LogP contribution in [0.2, 0.25) is 0 Å². The lowest BCUT2D eigenvalue weighted by atomic mass is 10.0. The molecule has 0 spiro atoms. The van der Waals surface area contributed by atoms with Crippen molar-refractivity contribution in [2.45, 2.75) is 27.3 Å². The van der Waals surface area contributed by atoms with Crippen LogP contribution in [0, 0.1) is 6.92 Å². The predicted molar refractivity (Wildman–Crippen MR) is 81.2 cm³/mol. The zero-order valence-corrected chi connectivity index (χ0v) is 12.3. The Morgan fingerprint density at radius 1 is 1.24 bits per heavy atom. The van der Waals surface area contributed by atoms with Crippen molar-refractivity contribution >= 4 is 16.8 Å². The maximum atomic E-state index is 11.8.